The Balaban J connectivity index is 2.02. The fourth-order valence-electron chi connectivity index (χ4n) is 2.85. The van der Waals surface area contributed by atoms with E-state index in [0.29, 0.717) is 0 Å². The van der Waals surface area contributed by atoms with E-state index in [1.807, 2.05) is 6.07 Å². The van der Waals surface area contributed by atoms with Crippen molar-refractivity contribution in [2.45, 2.75) is 44.6 Å². The number of fused-ring (bicyclic) bond motifs is 1. The van der Waals surface area contributed by atoms with Crippen molar-refractivity contribution in [3.63, 3.8) is 0 Å². The van der Waals surface area contributed by atoms with Gasteiger partial charge >= 0.3 is 0 Å². The summed E-state index contributed by atoms with van der Waals surface area (Å²) < 4.78 is 5.95. The summed E-state index contributed by atoms with van der Waals surface area (Å²) in [5, 5.41) is 11.2. The number of benzene rings is 1. The van der Waals surface area contributed by atoms with Gasteiger partial charge in [-0.05, 0) is 31.4 Å². The normalized spacial score (nSPS) is 25.3. The van der Waals surface area contributed by atoms with Gasteiger partial charge in [0.1, 0.15) is 11.3 Å². The highest BCUT2D eigenvalue weighted by Crippen LogP contribution is 2.36. The molecule has 0 bridgehead atoms. The molecule has 17 heavy (non-hydrogen) atoms. The number of para-hydroxylation sites is 1. The maximum Gasteiger partial charge on any atom is 0.137 e. The smallest absolute Gasteiger partial charge is 0.137 e. The summed E-state index contributed by atoms with van der Waals surface area (Å²) in [6, 6.07) is 8.28. The Kier molecular flexibility index (Phi) is 2.67. The first-order chi connectivity index (χ1) is 8.25. The second-order valence-electron chi connectivity index (χ2n) is 5.10. The molecule has 0 saturated heterocycles. The van der Waals surface area contributed by atoms with Gasteiger partial charge < -0.3 is 9.52 Å². The Morgan fingerprint density at radius 1 is 1.24 bits per heavy atom. The Labute approximate surface area is 101 Å². The van der Waals surface area contributed by atoms with Gasteiger partial charge in [-0.2, -0.15) is 0 Å². The summed E-state index contributed by atoms with van der Waals surface area (Å²) in [7, 11) is 0. The van der Waals surface area contributed by atoms with Crippen LogP contribution in [-0.4, -0.2) is 11.2 Å². The number of aliphatic hydroxyl groups excluding tert-OH is 1. The van der Waals surface area contributed by atoms with E-state index in [9.17, 15) is 5.11 Å². The molecule has 1 aliphatic carbocycles. The topological polar surface area (TPSA) is 33.4 Å². The van der Waals surface area contributed by atoms with Crippen molar-refractivity contribution in [1.82, 2.24) is 0 Å². The van der Waals surface area contributed by atoms with Crippen molar-refractivity contribution in [1.29, 1.82) is 0 Å². The molecule has 1 saturated carbocycles. The molecule has 1 aliphatic rings. The highest BCUT2D eigenvalue weighted by atomic mass is 16.3. The summed E-state index contributed by atoms with van der Waals surface area (Å²) >= 11 is 0. The maximum absolute atomic E-state index is 10.1. The van der Waals surface area contributed by atoms with Gasteiger partial charge in [0.05, 0.1) is 6.10 Å². The third kappa shape index (κ3) is 1.87. The third-order valence-electron chi connectivity index (χ3n) is 3.85. The zero-order chi connectivity index (χ0) is 11.8. The lowest BCUT2D eigenvalue weighted by atomic mass is 9.85. The number of hydrogen-bond acceptors (Lipinski definition) is 2. The average molecular weight is 230 g/mol. The fourth-order valence-corrected chi connectivity index (χ4v) is 2.85. The Morgan fingerprint density at radius 2 is 2.06 bits per heavy atom. The first-order valence-corrected chi connectivity index (χ1v) is 6.43. The Morgan fingerprint density at radius 3 is 2.82 bits per heavy atom. The lowest BCUT2D eigenvalue weighted by Gasteiger charge is -2.25. The van der Waals surface area contributed by atoms with Crippen molar-refractivity contribution in [2.24, 2.45) is 0 Å². The largest absolute Gasteiger partial charge is 0.460 e. The van der Waals surface area contributed by atoms with Gasteiger partial charge in [-0.3, -0.25) is 0 Å². The summed E-state index contributed by atoms with van der Waals surface area (Å²) in [5.74, 6) is 1.15. The van der Waals surface area contributed by atoms with E-state index >= 15 is 0 Å². The molecule has 1 heterocycles. The van der Waals surface area contributed by atoms with Gasteiger partial charge in [-0.25, -0.2) is 0 Å². The van der Waals surface area contributed by atoms with E-state index in [2.05, 4.69) is 25.1 Å². The van der Waals surface area contributed by atoms with E-state index in [1.54, 1.807) is 0 Å². The van der Waals surface area contributed by atoms with Crippen molar-refractivity contribution in [3.8, 4) is 0 Å². The number of rotatable bonds is 1. The lowest BCUT2D eigenvalue weighted by Crippen LogP contribution is -2.21. The molecule has 2 aromatic rings. The molecule has 2 unspecified atom stereocenters. The van der Waals surface area contributed by atoms with Gasteiger partial charge in [0.2, 0.25) is 0 Å². The first-order valence-electron chi connectivity index (χ1n) is 6.43. The maximum atomic E-state index is 10.1. The van der Waals surface area contributed by atoms with E-state index in [1.165, 1.54) is 12.0 Å². The van der Waals surface area contributed by atoms with Crippen LogP contribution in [0.3, 0.4) is 0 Å². The van der Waals surface area contributed by atoms with Gasteiger partial charge in [0.15, 0.2) is 0 Å². The predicted octanol–water partition coefficient (Wildman–Crippen LogP) is 3.76. The van der Waals surface area contributed by atoms with E-state index in [0.717, 1.165) is 36.0 Å². The predicted molar refractivity (Wildman–Crippen MR) is 68.2 cm³/mol. The molecule has 0 aliphatic heterocycles. The molecule has 1 N–H and O–H groups in total. The van der Waals surface area contributed by atoms with Crippen LogP contribution >= 0.6 is 0 Å². The van der Waals surface area contributed by atoms with Crippen LogP contribution < -0.4 is 0 Å². The van der Waals surface area contributed by atoms with Crippen molar-refractivity contribution >= 4 is 11.0 Å². The summed E-state index contributed by atoms with van der Waals surface area (Å²) in [6.45, 7) is 2.06. The van der Waals surface area contributed by atoms with Crippen LogP contribution in [0.5, 0.6) is 0 Å². The molecule has 2 heteroatoms. The molecule has 0 spiro atoms. The SMILES string of the molecule is Cc1cccc2cc(C3CCCCC3O)oc12. The second kappa shape index (κ2) is 4.19. The van der Waals surface area contributed by atoms with E-state index in [-0.39, 0.29) is 12.0 Å². The molecular weight excluding hydrogens is 212 g/mol. The van der Waals surface area contributed by atoms with Crippen molar-refractivity contribution in [3.05, 3.63) is 35.6 Å². The number of furan rings is 1. The molecular formula is C15H18O2. The van der Waals surface area contributed by atoms with Gasteiger partial charge in [-0.1, -0.05) is 31.0 Å². The van der Waals surface area contributed by atoms with Crippen LogP contribution in [0.15, 0.2) is 28.7 Å². The number of aryl methyl sites for hydroxylation is 1. The van der Waals surface area contributed by atoms with Crippen LogP contribution in [0.1, 0.15) is 42.9 Å². The number of aliphatic hydroxyl groups is 1. The van der Waals surface area contributed by atoms with Crippen molar-refractivity contribution < 1.29 is 9.52 Å². The fraction of sp³-hybridized carbons (Fsp3) is 0.467. The average Bonchev–Trinajstić information content (AvgIpc) is 2.75. The Hall–Kier alpha value is -1.28. The van der Waals surface area contributed by atoms with Gasteiger partial charge in [0.25, 0.3) is 0 Å². The number of hydrogen-bond donors (Lipinski definition) is 1. The standard InChI is InChI=1S/C15H18O2/c1-10-5-4-6-11-9-14(17-15(10)11)12-7-2-3-8-13(12)16/h4-6,9,12-13,16H,2-3,7-8H2,1H3. The zero-order valence-corrected chi connectivity index (χ0v) is 10.1. The minimum absolute atomic E-state index is 0.190. The molecule has 1 aromatic heterocycles. The molecule has 90 valence electrons. The highest BCUT2D eigenvalue weighted by molar-refractivity contribution is 5.81. The minimum Gasteiger partial charge on any atom is -0.460 e. The van der Waals surface area contributed by atoms with E-state index < -0.39 is 0 Å². The van der Waals surface area contributed by atoms with E-state index in [4.69, 9.17) is 4.42 Å². The van der Waals surface area contributed by atoms with Crippen LogP contribution in [0, 0.1) is 6.92 Å². The third-order valence-corrected chi connectivity index (χ3v) is 3.85. The van der Waals surface area contributed by atoms with Crippen LogP contribution in [0.2, 0.25) is 0 Å². The van der Waals surface area contributed by atoms with Crippen LogP contribution in [0.4, 0.5) is 0 Å². The van der Waals surface area contributed by atoms with Gasteiger partial charge in [-0.15, -0.1) is 0 Å². The van der Waals surface area contributed by atoms with Gasteiger partial charge in [0, 0.05) is 11.3 Å². The lowest BCUT2D eigenvalue weighted by molar-refractivity contribution is 0.0973. The second-order valence-corrected chi connectivity index (χ2v) is 5.10. The summed E-state index contributed by atoms with van der Waals surface area (Å²) in [6.07, 6.45) is 4.04. The summed E-state index contributed by atoms with van der Waals surface area (Å²) in [5.41, 5.74) is 2.14. The molecule has 2 nitrogen and oxygen atoms in total. The quantitative estimate of drug-likeness (QED) is 0.809. The first kappa shape index (κ1) is 10.8. The monoisotopic (exact) mass is 230 g/mol. The van der Waals surface area contributed by atoms with Crippen molar-refractivity contribution in [2.75, 3.05) is 0 Å². The molecule has 0 radical (unpaired) electrons. The zero-order valence-electron chi connectivity index (χ0n) is 10.1. The van der Waals surface area contributed by atoms with Crippen LogP contribution in [-0.2, 0) is 0 Å². The molecule has 1 fully saturated rings. The Bertz CT molecular complexity index is 527. The molecule has 2 atom stereocenters. The molecule has 0 amide bonds. The highest BCUT2D eigenvalue weighted by Gasteiger charge is 2.27. The molecule has 1 aromatic carbocycles. The minimum atomic E-state index is -0.232. The molecule has 3 rings (SSSR count). The van der Waals surface area contributed by atoms with Crippen LogP contribution in [0.25, 0.3) is 11.0 Å². The summed E-state index contributed by atoms with van der Waals surface area (Å²) in [4.78, 5) is 0.